The van der Waals surface area contributed by atoms with Crippen molar-refractivity contribution in [3.05, 3.63) is 76.7 Å². The van der Waals surface area contributed by atoms with Gasteiger partial charge in [-0.1, -0.05) is 36.4 Å². The van der Waals surface area contributed by atoms with Gasteiger partial charge < -0.3 is 21.5 Å². The summed E-state index contributed by atoms with van der Waals surface area (Å²) in [6.07, 6.45) is 0.683. The Labute approximate surface area is 184 Å². The maximum Gasteiger partial charge on any atom is 0.250 e. The van der Waals surface area contributed by atoms with Crippen molar-refractivity contribution in [1.82, 2.24) is 19.5 Å². The van der Waals surface area contributed by atoms with Crippen LogP contribution in [0.5, 0.6) is 0 Å². The summed E-state index contributed by atoms with van der Waals surface area (Å²) in [6.45, 7) is 1.82. The third-order valence-electron chi connectivity index (χ3n) is 5.52. The van der Waals surface area contributed by atoms with Crippen LogP contribution in [0, 0.1) is 0 Å². The van der Waals surface area contributed by atoms with Crippen molar-refractivity contribution in [1.29, 1.82) is 0 Å². The first-order valence-corrected chi connectivity index (χ1v) is 10.4. The summed E-state index contributed by atoms with van der Waals surface area (Å²) in [5.74, 6) is 1.17. The van der Waals surface area contributed by atoms with E-state index in [1.807, 2.05) is 24.3 Å². The smallest absolute Gasteiger partial charge is 0.250 e. The molecule has 0 saturated heterocycles. The zero-order valence-corrected chi connectivity index (χ0v) is 17.4. The number of primary amides is 1. The molecule has 0 saturated carbocycles. The number of anilines is 1. The van der Waals surface area contributed by atoms with E-state index < -0.39 is 5.91 Å². The van der Waals surface area contributed by atoms with Gasteiger partial charge in [0.1, 0.15) is 17.2 Å². The van der Waals surface area contributed by atoms with Crippen LogP contribution < -0.4 is 16.8 Å². The number of carbonyl (C=O) groups is 1. The number of rotatable bonds is 6. The van der Waals surface area contributed by atoms with Gasteiger partial charge in [-0.25, -0.2) is 9.97 Å². The van der Waals surface area contributed by atoms with Crippen molar-refractivity contribution in [2.45, 2.75) is 26.1 Å². The largest absolute Gasteiger partial charge is 0.376 e. The highest BCUT2D eigenvalue weighted by atomic mass is 16.5. The molecule has 5 N–H and O–H groups in total. The number of ether oxygens (including phenoxy) is 1. The number of aromatic nitrogens is 4. The van der Waals surface area contributed by atoms with Crippen molar-refractivity contribution >= 4 is 22.8 Å². The van der Waals surface area contributed by atoms with Crippen molar-refractivity contribution in [2.75, 3.05) is 11.9 Å². The normalized spacial score (nSPS) is 13.2. The molecule has 1 aliphatic rings. The van der Waals surface area contributed by atoms with E-state index >= 15 is 0 Å². The molecule has 4 aromatic rings. The minimum atomic E-state index is -0.544. The Morgan fingerprint density at radius 2 is 1.94 bits per heavy atom. The van der Waals surface area contributed by atoms with Crippen LogP contribution in [0.25, 0.3) is 17.0 Å². The zero-order valence-electron chi connectivity index (χ0n) is 17.4. The predicted molar refractivity (Wildman–Crippen MR) is 120 cm³/mol. The maximum atomic E-state index is 11.9. The molecule has 162 valence electrons. The second-order valence-corrected chi connectivity index (χ2v) is 7.54. The van der Waals surface area contributed by atoms with Crippen LogP contribution >= 0.6 is 0 Å². The number of nitrogens with two attached hydrogens (primary N) is 2. The summed E-state index contributed by atoms with van der Waals surface area (Å²) in [7, 11) is 0. The lowest BCUT2D eigenvalue weighted by Crippen LogP contribution is -2.19. The van der Waals surface area contributed by atoms with Crippen LogP contribution in [-0.4, -0.2) is 32.0 Å². The number of nitrogens with one attached hydrogen (secondary N) is 1. The van der Waals surface area contributed by atoms with Gasteiger partial charge in [0.2, 0.25) is 5.95 Å². The Hall–Kier alpha value is -3.82. The maximum absolute atomic E-state index is 11.9. The third kappa shape index (κ3) is 3.57. The summed E-state index contributed by atoms with van der Waals surface area (Å²) in [5.41, 5.74) is 16.1. The first kappa shape index (κ1) is 20.1. The lowest BCUT2D eigenvalue weighted by molar-refractivity contribution is 0.100. The molecule has 1 aliphatic heterocycles. The van der Waals surface area contributed by atoms with Crippen molar-refractivity contribution in [2.24, 2.45) is 11.5 Å². The monoisotopic (exact) mass is 429 g/mol. The number of carbonyl (C=O) groups excluding carboxylic acids is 1. The average Bonchev–Trinajstić information content (AvgIpc) is 3.21. The van der Waals surface area contributed by atoms with Crippen LogP contribution in [-0.2, 0) is 30.9 Å². The fraction of sp³-hybridized carbons (Fsp3) is 0.217. The summed E-state index contributed by atoms with van der Waals surface area (Å²) in [4.78, 5) is 26.1. The molecule has 9 nitrogen and oxygen atoms in total. The first-order valence-electron chi connectivity index (χ1n) is 10.4. The Morgan fingerprint density at radius 1 is 1.09 bits per heavy atom. The van der Waals surface area contributed by atoms with Crippen molar-refractivity contribution in [3.8, 4) is 5.95 Å². The third-order valence-corrected chi connectivity index (χ3v) is 5.52. The number of amides is 1. The molecule has 9 heteroatoms. The molecule has 5 rings (SSSR count). The second-order valence-electron chi connectivity index (χ2n) is 7.54. The van der Waals surface area contributed by atoms with Gasteiger partial charge in [0.05, 0.1) is 36.5 Å². The molecule has 2 aromatic heterocycles. The molecule has 0 spiro atoms. The summed E-state index contributed by atoms with van der Waals surface area (Å²) >= 11 is 0. The molecule has 0 fully saturated rings. The van der Waals surface area contributed by atoms with Crippen LogP contribution in [0.15, 0.2) is 48.5 Å². The van der Waals surface area contributed by atoms with Gasteiger partial charge in [-0.15, -0.1) is 0 Å². The van der Waals surface area contributed by atoms with E-state index in [1.165, 1.54) is 0 Å². The van der Waals surface area contributed by atoms with E-state index in [0.29, 0.717) is 60.4 Å². The van der Waals surface area contributed by atoms with Crippen LogP contribution in [0.2, 0.25) is 0 Å². The molecule has 1 amide bonds. The van der Waals surface area contributed by atoms with Gasteiger partial charge in [0.25, 0.3) is 5.91 Å². The number of imidazole rings is 1. The number of hydrogen-bond donors (Lipinski definition) is 3. The van der Waals surface area contributed by atoms with Gasteiger partial charge in [0, 0.05) is 18.5 Å². The molecule has 0 bridgehead atoms. The molecule has 0 radical (unpaired) electrons. The van der Waals surface area contributed by atoms with E-state index in [-0.39, 0.29) is 6.54 Å². The quantitative estimate of drug-likeness (QED) is 0.427. The lowest BCUT2D eigenvalue weighted by Gasteiger charge is -2.21. The first-order chi connectivity index (χ1) is 15.7. The Morgan fingerprint density at radius 3 is 2.72 bits per heavy atom. The number of benzene rings is 2. The van der Waals surface area contributed by atoms with E-state index in [9.17, 15) is 4.79 Å². The summed E-state index contributed by atoms with van der Waals surface area (Å²) < 4.78 is 7.46. The van der Waals surface area contributed by atoms with Crippen molar-refractivity contribution in [3.63, 3.8) is 0 Å². The van der Waals surface area contributed by atoms with Gasteiger partial charge >= 0.3 is 0 Å². The van der Waals surface area contributed by atoms with Gasteiger partial charge in [0.15, 0.2) is 0 Å². The number of para-hydroxylation sites is 1. The minimum Gasteiger partial charge on any atom is -0.376 e. The average molecular weight is 429 g/mol. The fourth-order valence-electron chi connectivity index (χ4n) is 3.95. The van der Waals surface area contributed by atoms with Gasteiger partial charge in [-0.05, 0) is 17.7 Å². The molecular weight excluding hydrogens is 406 g/mol. The topological polar surface area (TPSA) is 134 Å². The fourth-order valence-corrected chi connectivity index (χ4v) is 3.95. The summed E-state index contributed by atoms with van der Waals surface area (Å²) in [5, 5.41) is 3.44. The number of fused-ring (bicyclic) bond motifs is 2. The van der Waals surface area contributed by atoms with Gasteiger partial charge in [-0.3, -0.25) is 9.36 Å². The zero-order chi connectivity index (χ0) is 22.1. The molecule has 2 aromatic carbocycles. The Balaban J connectivity index is 1.64. The highest BCUT2D eigenvalue weighted by molar-refractivity contribution is 6.04. The Kier molecular flexibility index (Phi) is 5.26. The van der Waals surface area contributed by atoms with Crippen LogP contribution in [0.1, 0.15) is 33.0 Å². The van der Waals surface area contributed by atoms with E-state index in [4.69, 9.17) is 26.2 Å². The molecule has 3 heterocycles. The van der Waals surface area contributed by atoms with E-state index in [1.54, 1.807) is 16.7 Å². The predicted octanol–water partition coefficient (Wildman–Crippen LogP) is 2.06. The number of hydrogen-bond acceptors (Lipinski definition) is 7. The van der Waals surface area contributed by atoms with Crippen LogP contribution in [0.3, 0.4) is 0 Å². The van der Waals surface area contributed by atoms with Crippen LogP contribution in [0.4, 0.5) is 5.82 Å². The SMILES string of the molecule is NCc1nc2c(C(N)=O)cccc2n1-c1nc2c(c(NCc3ccccc3)n1)COCC2. The minimum absolute atomic E-state index is 0.156. The second kappa shape index (κ2) is 8.37. The van der Waals surface area contributed by atoms with E-state index in [2.05, 4.69) is 22.4 Å². The highest BCUT2D eigenvalue weighted by Crippen LogP contribution is 2.27. The van der Waals surface area contributed by atoms with Gasteiger partial charge in [-0.2, -0.15) is 4.98 Å². The standard InChI is InChI=1S/C23H23N7O2/c24-11-19-28-20-15(21(25)31)7-4-8-18(20)30(19)23-27-17-9-10-32-13-16(17)22(29-23)26-12-14-5-2-1-3-6-14/h1-8H,9-13,24H2,(H2,25,31)(H,26,27,29). The molecule has 32 heavy (non-hydrogen) atoms. The molecule has 0 atom stereocenters. The highest BCUT2D eigenvalue weighted by Gasteiger charge is 2.23. The van der Waals surface area contributed by atoms with Crippen molar-refractivity contribution < 1.29 is 9.53 Å². The summed E-state index contributed by atoms with van der Waals surface area (Å²) in [6, 6.07) is 15.4. The molecular formula is C23H23N7O2. The Bertz CT molecular complexity index is 1300. The molecule has 0 unspecified atom stereocenters. The lowest BCUT2D eigenvalue weighted by atomic mass is 10.1. The number of nitrogens with zero attached hydrogens (tertiary/aromatic N) is 4. The molecule has 0 aliphatic carbocycles. The van der Waals surface area contributed by atoms with E-state index in [0.717, 1.165) is 16.8 Å².